The first-order valence-corrected chi connectivity index (χ1v) is 10.1. The molecule has 2 aliphatic carbocycles. The fourth-order valence-corrected chi connectivity index (χ4v) is 5.28. The van der Waals surface area contributed by atoms with Gasteiger partial charge in [-0.15, -0.1) is 0 Å². The zero-order valence-electron chi connectivity index (χ0n) is 15.7. The lowest BCUT2D eigenvalue weighted by atomic mass is 9.66. The van der Waals surface area contributed by atoms with Crippen LogP contribution in [0.2, 0.25) is 0 Å². The molecule has 0 radical (unpaired) electrons. The van der Waals surface area contributed by atoms with E-state index in [1.54, 1.807) is 13.0 Å². The predicted molar refractivity (Wildman–Crippen MR) is 97.3 cm³/mol. The second kappa shape index (κ2) is 7.73. The number of aliphatic hydroxyl groups is 1. The Morgan fingerprint density at radius 3 is 2.20 bits per heavy atom. The summed E-state index contributed by atoms with van der Waals surface area (Å²) in [6.45, 7) is 4.01. The zero-order valence-corrected chi connectivity index (χ0v) is 15.7. The van der Waals surface area contributed by atoms with Gasteiger partial charge >= 0.3 is 0 Å². The highest BCUT2D eigenvalue weighted by Crippen LogP contribution is 2.46. The van der Waals surface area contributed by atoms with Gasteiger partial charge in [0.25, 0.3) is 0 Å². The van der Waals surface area contributed by atoms with Crippen LogP contribution in [-0.4, -0.2) is 5.11 Å². The lowest BCUT2D eigenvalue weighted by Gasteiger charge is -2.41. The number of halogens is 2. The highest BCUT2D eigenvalue weighted by Gasteiger charge is 2.40. The summed E-state index contributed by atoms with van der Waals surface area (Å²) in [7, 11) is 0. The lowest BCUT2D eigenvalue weighted by molar-refractivity contribution is -0.0290. The summed E-state index contributed by atoms with van der Waals surface area (Å²) in [4.78, 5) is 0. The first kappa shape index (κ1) is 18.8. The summed E-state index contributed by atoms with van der Waals surface area (Å²) < 4.78 is 28.0. The van der Waals surface area contributed by atoms with Gasteiger partial charge in [0.15, 0.2) is 11.6 Å². The number of benzene rings is 1. The van der Waals surface area contributed by atoms with E-state index >= 15 is 0 Å². The van der Waals surface area contributed by atoms with E-state index in [2.05, 4.69) is 6.92 Å². The molecule has 0 aromatic heterocycles. The minimum atomic E-state index is -1.20. The van der Waals surface area contributed by atoms with Gasteiger partial charge in [-0.1, -0.05) is 38.7 Å². The summed E-state index contributed by atoms with van der Waals surface area (Å²) in [5.41, 5.74) is -0.374. The Morgan fingerprint density at radius 1 is 1.00 bits per heavy atom. The Balaban J connectivity index is 1.62. The van der Waals surface area contributed by atoms with Crippen molar-refractivity contribution < 1.29 is 13.9 Å². The van der Waals surface area contributed by atoms with Crippen LogP contribution in [-0.2, 0) is 5.60 Å². The van der Waals surface area contributed by atoms with Crippen molar-refractivity contribution in [3.63, 3.8) is 0 Å². The fourth-order valence-electron chi connectivity index (χ4n) is 5.28. The molecule has 0 saturated heterocycles. The summed E-state index contributed by atoms with van der Waals surface area (Å²) >= 11 is 0. The van der Waals surface area contributed by atoms with Gasteiger partial charge in [0.05, 0.1) is 5.60 Å². The topological polar surface area (TPSA) is 20.2 Å². The van der Waals surface area contributed by atoms with Gasteiger partial charge in [0.1, 0.15) is 0 Å². The molecule has 0 atom stereocenters. The molecule has 1 N–H and O–H groups in total. The largest absolute Gasteiger partial charge is 0.385 e. The normalized spacial score (nSPS) is 33.4. The molecule has 2 aliphatic rings. The van der Waals surface area contributed by atoms with E-state index in [0.29, 0.717) is 24.3 Å². The molecular weight excluding hydrogens is 318 g/mol. The van der Waals surface area contributed by atoms with Crippen LogP contribution in [0, 0.1) is 36.3 Å². The summed E-state index contributed by atoms with van der Waals surface area (Å²) in [5.74, 6) is 0.592. The van der Waals surface area contributed by atoms with Crippen LogP contribution in [0.5, 0.6) is 0 Å². The maximum absolute atomic E-state index is 14.2. The molecule has 0 heterocycles. The van der Waals surface area contributed by atoms with Crippen LogP contribution in [0.25, 0.3) is 0 Å². The van der Waals surface area contributed by atoms with Gasteiger partial charge < -0.3 is 5.11 Å². The maximum atomic E-state index is 14.2. The molecule has 0 spiro atoms. The molecule has 3 rings (SSSR count). The minimum Gasteiger partial charge on any atom is -0.385 e. The summed E-state index contributed by atoms with van der Waals surface area (Å²) in [6.07, 6.45) is 10.9. The first-order valence-electron chi connectivity index (χ1n) is 10.1. The molecule has 0 aliphatic heterocycles. The quantitative estimate of drug-likeness (QED) is 0.680. The van der Waals surface area contributed by atoms with Crippen molar-refractivity contribution in [1.29, 1.82) is 0 Å². The summed E-state index contributed by atoms with van der Waals surface area (Å²) in [6, 6.07) is 2.82. The molecule has 1 nitrogen and oxygen atoms in total. The van der Waals surface area contributed by atoms with Crippen molar-refractivity contribution in [2.45, 2.75) is 83.7 Å². The SMILES string of the molecule is CCCC1CCC(C2CCC(O)(c3cc(C)cc(F)c3F)CC2)CC1. The van der Waals surface area contributed by atoms with Crippen molar-refractivity contribution in [2.75, 3.05) is 0 Å². The van der Waals surface area contributed by atoms with Crippen molar-refractivity contribution in [3.8, 4) is 0 Å². The second-order valence-corrected chi connectivity index (χ2v) is 8.55. The Kier molecular flexibility index (Phi) is 5.82. The number of aryl methyl sites for hydroxylation is 1. The molecule has 2 fully saturated rings. The zero-order chi connectivity index (χ0) is 18.0. The lowest BCUT2D eigenvalue weighted by Crippen LogP contribution is -2.35. The molecule has 140 valence electrons. The third-order valence-corrected chi connectivity index (χ3v) is 6.79. The van der Waals surface area contributed by atoms with Crippen molar-refractivity contribution in [3.05, 3.63) is 34.9 Å². The Hall–Kier alpha value is -0.960. The second-order valence-electron chi connectivity index (χ2n) is 8.55. The molecule has 3 heteroatoms. The molecule has 1 aromatic rings. The van der Waals surface area contributed by atoms with E-state index in [1.165, 1.54) is 44.6 Å². The summed E-state index contributed by atoms with van der Waals surface area (Å²) in [5, 5.41) is 11.0. The van der Waals surface area contributed by atoms with E-state index in [0.717, 1.165) is 24.7 Å². The van der Waals surface area contributed by atoms with E-state index < -0.39 is 17.2 Å². The number of rotatable bonds is 4. The van der Waals surface area contributed by atoms with Crippen LogP contribution >= 0.6 is 0 Å². The van der Waals surface area contributed by atoms with Gasteiger partial charge in [-0.05, 0) is 74.8 Å². The molecule has 2 saturated carbocycles. The van der Waals surface area contributed by atoms with E-state index in [-0.39, 0.29) is 5.56 Å². The van der Waals surface area contributed by atoms with E-state index in [9.17, 15) is 13.9 Å². The van der Waals surface area contributed by atoms with Crippen molar-refractivity contribution >= 4 is 0 Å². The molecule has 0 amide bonds. The average molecular weight is 350 g/mol. The number of hydrogen-bond donors (Lipinski definition) is 1. The van der Waals surface area contributed by atoms with Crippen LogP contribution in [0.1, 0.15) is 82.3 Å². The van der Waals surface area contributed by atoms with E-state index in [1.807, 2.05) is 0 Å². The van der Waals surface area contributed by atoms with Crippen molar-refractivity contribution in [1.82, 2.24) is 0 Å². The first-order chi connectivity index (χ1) is 11.9. The molecule has 0 bridgehead atoms. The molecule has 25 heavy (non-hydrogen) atoms. The Bertz CT molecular complexity index is 582. The maximum Gasteiger partial charge on any atom is 0.164 e. The van der Waals surface area contributed by atoms with Crippen molar-refractivity contribution in [2.24, 2.45) is 17.8 Å². The highest BCUT2D eigenvalue weighted by molar-refractivity contribution is 5.30. The minimum absolute atomic E-state index is 0.162. The Morgan fingerprint density at radius 2 is 1.60 bits per heavy atom. The van der Waals surface area contributed by atoms with E-state index in [4.69, 9.17) is 0 Å². The molecule has 1 aromatic carbocycles. The monoisotopic (exact) mass is 350 g/mol. The standard InChI is InChI=1S/C22H32F2O/c1-3-4-16-5-7-17(8-6-16)18-9-11-22(25,12-10-18)19-13-15(2)14-20(23)21(19)24/h13-14,16-18,25H,3-12H2,1-2H3. The fraction of sp³-hybridized carbons (Fsp3) is 0.727. The number of hydrogen-bond acceptors (Lipinski definition) is 1. The van der Waals surface area contributed by atoms with Gasteiger partial charge in [-0.25, -0.2) is 8.78 Å². The molecule has 0 unspecified atom stereocenters. The molecular formula is C22H32F2O. The van der Waals surface area contributed by atoms with Gasteiger partial charge in [-0.2, -0.15) is 0 Å². The average Bonchev–Trinajstić information content (AvgIpc) is 2.60. The van der Waals surface area contributed by atoms with Crippen LogP contribution in [0.4, 0.5) is 8.78 Å². The van der Waals surface area contributed by atoms with Crippen LogP contribution < -0.4 is 0 Å². The van der Waals surface area contributed by atoms with Gasteiger partial charge in [0, 0.05) is 5.56 Å². The smallest absolute Gasteiger partial charge is 0.164 e. The van der Waals surface area contributed by atoms with Crippen LogP contribution in [0.3, 0.4) is 0 Å². The van der Waals surface area contributed by atoms with Gasteiger partial charge in [-0.3, -0.25) is 0 Å². The third kappa shape index (κ3) is 4.07. The van der Waals surface area contributed by atoms with Gasteiger partial charge in [0.2, 0.25) is 0 Å². The highest BCUT2D eigenvalue weighted by atomic mass is 19.2. The Labute approximate surface area is 150 Å². The predicted octanol–water partition coefficient (Wildman–Crippen LogP) is 6.26. The van der Waals surface area contributed by atoms with Crippen LogP contribution in [0.15, 0.2) is 12.1 Å². The third-order valence-electron chi connectivity index (χ3n) is 6.79.